The maximum absolute atomic E-state index is 12.0. The molecule has 0 aliphatic heterocycles. The summed E-state index contributed by atoms with van der Waals surface area (Å²) < 4.78 is 26.5. The van der Waals surface area contributed by atoms with Crippen molar-refractivity contribution in [2.75, 3.05) is 0 Å². The van der Waals surface area contributed by atoms with E-state index in [9.17, 15) is 8.42 Å². The number of nitrogens with zero attached hydrogens (tertiary/aromatic N) is 2. The van der Waals surface area contributed by atoms with E-state index < -0.39 is 10.0 Å². The van der Waals surface area contributed by atoms with Crippen molar-refractivity contribution in [1.82, 2.24) is 19.9 Å². The SMILES string of the molecule is CC(NS(=O)(=O)c1cccnc1)c1cn[nH]c1. The van der Waals surface area contributed by atoms with E-state index in [0.717, 1.165) is 5.56 Å². The normalized spacial score (nSPS) is 13.5. The summed E-state index contributed by atoms with van der Waals surface area (Å²) in [6, 6.07) is 2.73. The average molecular weight is 252 g/mol. The van der Waals surface area contributed by atoms with Crippen LogP contribution in [-0.4, -0.2) is 23.6 Å². The zero-order valence-corrected chi connectivity index (χ0v) is 9.98. The van der Waals surface area contributed by atoms with Crippen molar-refractivity contribution in [2.45, 2.75) is 17.9 Å². The highest BCUT2D eigenvalue weighted by Crippen LogP contribution is 2.14. The summed E-state index contributed by atoms with van der Waals surface area (Å²) in [5.41, 5.74) is 0.775. The van der Waals surface area contributed by atoms with Crippen LogP contribution in [0.5, 0.6) is 0 Å². The lowest BCUT2D eigenvalue weighted by molar-refractivity contribution is 0.566. The molecule has 0 amide bonds. The molecule has 0 aromatic carbocycles. The van der Waals surface area contributed by atoms with Crippen molar-refractivity contribution >= 4 is 10.0 Å². The molecule has 0 fully saturated rings. The van der Waals surface area contributed by atoms with Crippen LogP contribution in [0.3, 0.4) is 0 Å². The largest absolute Gasteiger partial charge is 0.285 e. The summed E-state index contributed by atoms with van der Waals surface area (Å²) in [6.45, 7) is 1.75. The molecular weight excluding hydrogens is 240 g/mol. The smallest absolute Gasteiger partial charge is 0.242 e. The van der Waals surface area contributed by atoms with Crippen molar-refractivity contribution < 1.29 is 8.42 Å². The van der Waals surface area contributed by atoms with E-state index in [1.165, 1.54) is 18.5 Å². The lowest BCUT2D eigenvalue weighted by atomic mass is 10.2. The highest BCUT2D eigenvalue weighted by molar-refractivity contribution is 7.89. The van der Waals surface area contributed by atoms with Crippen molar-refractivity contribution in [2.24, 2.45) is 0 Å². The standard InChI is InChI=1S/C10H12N4O2S/c1-8(9-5-12-13-6-9)14-17(15,16)10-3-2-4-11-7-10/h2-8,14H,1H3,(H,12,13). The van der Waals surface area contributed by atoms with Crippen LogP contribution >= 0.6 is 0 Å². The third-order valence-corrected chi connectivity index (χ3v) is 3.82. The number of nitrogens with one attached hydrogen (secondary N) is 2. The zero-order valence-electron chi connectivity index (χ0n) is 9.16. The van der Waals surface area contributed by atoms with Crippen molar-refractivity contribution in [3.05, 3.63) is 42.5 Å². The fraction of sp³-hybridized carbons (Fsp3) is 0.200. The molecule has 2 aromatic rings. The van der Waals surface area contributed by atoms with Gasteiger partial charge < -0.3 is 0 Å². The highest BCUT2D eigenvalue weighted by atomic mass is 32.2. The summed E-state index contributed by atoms with van der Waals surface area (Å²) >= 11 is 0. The summed E-state index contributed by atoms with van der Waals surface area (Å²) in [4.78, 5) is 3.93. The molecule has 2 heterocycles. The topological polar surface area (TPSA) is 87.7 Å². The minimum Gasteiger partial charge on any atom is -0.285 e. The molecule has 0 radical (unpaired) electrons. The summed E-state index contributed by atoms with van der Waals surface area (Å²) in [5, 5.41) is 6.41. The number of aromatic nitrogens is 3. The maximum atomic E-state index is 12.0. The molecule has 7 heteroatoms. The highest BCUT2D eigenvalue weighted by Gasteiger charge is 2.18. The van der Waals surface area contributed by atoms with Crippen LogP contribution in [0.4, 0.5) is 0 Å². The Morgan fingerprint density at radius 2 is 2.24 bits per heavy atom. The van der Waals surface area contributed by atoms with Gasteiger partial charge in [0.05, 0.1) is 6.20 Å². The van der Waals surface area contributed by atoms with E-state index in [1.54, 1.807) is 25.4 Å². The third-order valence-electron chi connectivity index (χ3n) is 2.30. The Bertz CT molecular complexity index is 566. The van der Waals surface area contributed by atoms with E-state index in [0.29, 0.717) is 0 Å². The van der Waals surface area contributed by atoms with Crippen molar-refractivity contribution in [1.29, 1.82) is 0 Å². The number of hydrogen-bond donors (Lipinski definition) is 2. The number of pyridine rings is 1. The van der Waals surface area contributed by atoms with Gasteiger partial charge in [0.2, 0.25) is 10.0 Å². The molecule has 1 atom stereocenters. The summed E-state index contributed by atoms with van der Waals surface area (Å²) in [5.74, 6) is 0. The number of rotatable bonds is 4. The van der Waals surface area contributed by atoms with Gasteiger partial charge in [-0.05, 0) is 19.1 Å². The molecule has 0 bridgehead atoms. The van der Waals surface area contributed by atoms with Crippen LogP contribution in [0.15, 0.2) is 41.8 Å². The van der Waals surface area contributed by atoms with Gasteiger partial charge in [-0.3, -0.25) is 10.1 Å². The van der Waals surface area contributed by atoms with Crippen molar-refractivity contribution in [3.63, 3.8) is 0 Å². The van der Waals surface area contributed by atoms with Gasteiger partial charge in [-0.15, -0.1) is 0 Å². The molecule has 0 aliphatic carbocycles. The Labute approximate surface area is 99.1 Å². The molecular formula is C10H12N4O2S. The Kier molecular flexibility index (Phi) is 3.21. The second kappa shape index (κ2) is 4.64. The van der Waals surface area contributed by atoms with E-state index in [-0.39, 0.29) is 10.9 Å². The molecule has 0 saturated heterocycles. The van der Waals surface area contributed by atoms with Gasteiger partial charge in [0.25, 0.3) is 0 Å². The molecule has 0 saturated carbocycles. The Morgan fingerprint density at radius 1 is 1.41 bits per heavy atom. The molecule has 90 valence electrons. The quantitative estimate of drug-likeness (QED) is 0.844. The Morgan fingerprint density at radius 3 is 2.82 bits per heavy atom. The molecule has 2 N–H and O–H groups in total. The second-order valence-electron chi connectivity index (χ2n) is 3.56. The summed E-state index contributed by atoms with van der Waals surface area (Å²) in [7, 11) is -3.54. The van der Waals surface area contributed by atoms with Gasteiger partial charge in [-0.25, -0.2) is 13.1 Å². The molecule has 6 nitrogen and oxygen atoms in total. The first kappa shape index (κ1) is 11.7. The molecule has 2 rings (SSSR count). The van der Waals surface area contributed by atoms with Gasteiger partial charge in [-0.1, -0.05) is 0 Å². The monoisotopic (exact) mass is 252 g/mol. The Balaban J connectivity index is 2.19. The Hall–Kier alpha value is -1.73. The van der Waals surface area contributed by atoms with Crippen LogP contribution in [-0.2, 0) is 10.0 Å². The van der Waals surface area contributed by atoms with Crippen molar-refractivity contribution in [3.8, 4) is 0 Å². The third kappa shape index (κ3) is 2.69. The van der Waals surface area contributed by atoms with Gasteiger partial charge in [-0.2, -0.15) is 5.10 Å². The number of H-pyrrole nitrogens is 1. The zero-order chi connectivity index (χ0) is 12.3. The van der Waals surface area contributed by atoms with Crippen LogP contribution in [0.25, 0.3) is 0 Å². The maximum Gasteiger partial charge on any atom is 0.242 e. The lowest BCUT2D eigenvalue weighted by Crippen LogP contribution is -2.26. The van der Waals surface area contributed by atoms with E-state index in [1.807, 2.05) is 0 Å². The van der Waals surface area contributed by atoms with Gasteiger partial charge in [0, 0.05) is 30.2 Å². The van der Waals surface area contributed by atoms with Crippen LogP contribution < -0.4 is 4.72 Å². The fourth-order valence-corrected chi connectivity index (χ4v) is 2.57. The molecule has 17 heavy (non-hydrogen) atoms. The van der Waals surface area contributed by atoms with E-state index >= 15 is 0 Å². The minimum atomic E-state index is -3.54. The number of aromatic amines is 1. The van der Waals surface area contributed by atoms with Crippen LogP contribution in [0, 0.1) is 0 Å². The second-order valence-corrected chi connectivity index (χ2v) is 5.28. The van der Waals surface area contributed by atoms with Gasteiger partial charge >= 0.3 is 0 Å². The average Bonchev–Trinajstić information content (AvgIpc) is 2.83. The number of sulfonamides is 1. The molecule has 2 aromatic heterocycles. The van der Waals surface area contributed by atoms with E-state index in [4.69, 9.17) is 0 Å². The molecule has 1 unspecified atom stereocenters. The molecule has 0 aliphatic rings. The predicted octanol–water partition coefficient (Wildman–Crippen LogP) is 0.844. The van der Waals surface area contributed by atoms with Gasteiger partial charge in [0.1, 0.15) is 4.90 Å². The van der Waals surface area contributed by atoms with Crippen LogP contribution in [0.1, 0.15) is 18.5 Å². The van der Waals surface area contributed by atoms with Crippen LogP contribution in [0.2, 0.25) is 0 Å². The predicted molar refractivity (Wildman–Crippen MR) is 61.6 cm³/mol. The number of hydrogen-bond acceptors (Lipinski definition) is 4. The lowest BCUT2D eigenvalue weighted by Gasteiger charge is -2.12. The minimum absolute atomic E-state index is 0.148. The summed E-state index contributed by atoms with van der Waals surface area (Å²) in [6.07, 6.45) is 6.07. The first-order valence-corrected chi connectivity index (χ1v) is 6.49. The van der Waals surface area contributed by atoms with E-state index in [2.05, 4.69) is 19.9 Å². The first-order chi connectivity index (χ1) is 8.09. The first-order valence-electron chi connectivity index (χ1n) is 5.00. The van der Waals surface area contributed by atoms with Gasteiger partial charge in [0.15, 0.2) is 0 Å². The fourth-order valence-electron chi connectivity index (χ4n) is 1.37. The molecule has 0 spiro atoms.